The van der Waals surface area contributed by atoms with E-state index in [4.69, 9.17) is 4.42 Å². The van der Waals surface area contributed by atoms with Crippen molar-refractivity contribution in [2.45, 2.75) is 18.3 Å². The summed E-state index contributed by atoms with van der Waals surface area (Å²) in [7, 11) is 0. The van der Waals surface area contributed by atoms with Crippen molar-refractivity contribution in [3.63, 3.8) is 0 Å². The lowest BCUT2D eigenvalue weighted by Gasteiger charge is -2.33. The first-order valence-electron chi connectivity index (χ1n) is 7.60. The molecule has 0 saturated carbocycles. The van der Waals surface area contributed by atoms with Crippen LogP contribution in [0.15, 0.2) is 59.3 Å². The second-order valence-corrected chi connectivity index (χ2v) is 6.72. The van der Waals surface area contributed by atoms with Crippen LogP contribution in [0.3, 0.4) is 0 Å². The zero-order valence-corrected chi connectivity index (χ0v) is 13.3. The molecule has 0 bridgehead atoms. The molecule has 0 N–H and O–H groups in total. The molecule has 1 aromatic carbocycles. The number of pyridine rings is 1. The van der Waals surface area contributed by atoms with E-state index < -0.39 is 0 Å². The molecule has 1 aliphatic rings. The molecule has 3 heterocycles. The number of para-hydroxylation sites is 1. The molecular weight excluding hydrogens is 308 g/mol. The highest BCUT2D eigenvalue weighted by atomic mass is 32.2. The van der Waals surface area contributed by atoms with Crippen LogP contribution in [-0.4, -0.2) is 21.5 Å². The van der Waals surface area contributed by atoms with Gasteiger partial charge in [0, 0.05) is 36.5 Å². The summed E-state index contributed by atoms with van der Waals surface area (Å²) < 4.78 is 6.00. The second kappa shape index (κ2) is 6.08. The standard InChI is InChI=1S/C18H16N2O2S/c21-17-7-10-23-18(20(17)12-13-5-8-19-9-6-13)16-11-14-3-1-2-4-15(14)22-16/h1-6,8-9,11,18H,7,10,12H2. The second-order valence-electron chi connectivity index (χ2n) is 5.54. The minimum Gasteiger partial charge on any atom is -0.458 e. The maximum Gasteiger partial charge on any atom is 0.224 e. The number of rotatable bonds is 3. The summed E-state index contributed by atoms with van der Waals surface area (Å²) in [5, 5.41) is 1.00. The monoisotopic (exact) mass is 324 g/mol. The number of furan rings is 1. The molecule has 2 aromatic heterocycles. The molecule has 1 unspecified atom stereocenters. The molecule has 1 aliphatic heterocycles. The lowest BCUT2D eigenvalue weighted by molar-refractivity contribution is -0.133. The topological polar surface area (TPSA) is 46.3 Å². The Morgan fingerprint density at radius 1 is 1.22 bits per heavy atom. The highest BCUT2D eigenvalue weighted by molar-refractivity contribution is 7.99. The van der Waals surface area contributed by atoms with Crippen LogP contribution in [0.5, 0.6) is 0 Å². The van der Waals surface area contributed by atoms with Crippen molar-refractivity contribution in [3.8, 4) is 0 Å². The van der Waals surface area contributed by atoms with Crippen LogP contribution < -0.4 is 0 Å². The average Bonchev–Trinajstić information content (AvgIpc) is 3.01. The third-order valence-corrected chi connectivity index (χ3v) is 5.23. The molecule has 4 nitrogen and oxygen atoms in total. The van der Waals surface area contributed by atoms with Gasteiger partial charge >= 0.3 is 0 Å². The summed E-state index contributed by atoms with van der Waals surface area (Å²) in [6, 6.07) is 13.9. The van der Waals surface area contributed by atoms with Gasteiger partial charge in [-0.05, 0) is 29.8 Å². The van der Waals surface area contributed by atoms with E-state index in [0.29, 0.717) is 13.0 Å². The Kier molecular flexibility index (Phi) is 3.79. The van der Waals surface area contributed by atoms with Gasteiger partial charge in [0.2, 0.25) is 5.91 Å². The van der Waals surface area contributed by atoms with Crippen molar-refractivity contribution in [2.24, 2.45) is 0 Å². The van der Waals surface area contributed by atoms with Crippen LogP contribution in [-0.2, 0) is 11.3 Å². The molecule has 116 valence electrons. The van der Waals surface area contributed by atoms with Crippen LogP contribution in [0.1, 0.15) is 23.1 Å². The minimum atomic E-state index is -0.0724. The molecular formula is C18H16N2O2S. The van der Waals surface area contributed by atoms with E-state index in [1.807, 2.05) is 47.4 Å². The first kappa shape index (κ1) is 14.3. The van der Waals surface area contributed by atoms with Crippen LogP contribution in [0.4, 0.5) is 0 Å². The van der Waals surface area contributed by atoms with E-state index in [9.17, 15) is 4.79 Å². The van der Waals surface area contributed by atoms with Gasteiger partial charge in [-0.25, -0.2) is 0 Å². The fourth-order valence-corrected chi connectivity index (χ4v) is 4.01. The smallest absolute Gasteiger partial charge is 0.224 e. The molecule has 0 spiro atoms. The number of benzene rings is 1. The van der Waals surface area contributed by atoms with Crippen molar-refractivity contribution in [1.82, 2.24) is 9.88 Å². The number of hydrogen-bond acceptors (Lipinski definition) is 4. The van der Waals surface area contributed by atoms with Crippen molar-refractivity contribution in [1.29, 1.82) is 0 Å². The van der Waals surface area contributed by atoms with Crippen LogP contribution in [0.2, 0.25) is 0 Å². The number of amides is 1. The van der Waals surface area contributed by atoms with E-state index in [1.165, 1.54) is 0 Å². The van der Waals surface area contributed by atoms with Crippen LogP contribution in [0, 0.1) is 0 Å². The normalized spacial score (nSPS) is 18.5. The predicted molar refractivity (Wildman–Crippen MR) is 90.8 cm³/mol. The number of aromatic nitrogens is 1. The molecule has 4 rings (SSSR count). The summed E-state index contributed by atoms with van der Waals surface area (Å²) in [5.74, 6) is 1.84. The maximum absolute atomic E-state index is 12.5. The Morgan fingerprint density at radius 2 is 2.04 bits per heavy atom. The van der Waals surface area contributed by atoms with Gasteiger partial charge in [0.15, 0.2) is 0 Å². The van der Waals surface area contributed by atoms with Gasteiger partial charge in [-0.15, -0.1) is 11.8 Å². The van der Waals surface area contributed by atoms with E-state index in [1.54, 1.807) is 24.2 Å². The summed E-state index contributed by atoms with van der Waals surface area (Å²) in [5.41, 5.74) is 1.95. The molecule has 1 saturated heterocycles. The van der Waals surface area contributed by atoms with Gasteiger partial charge in [0.05, 0.1) is 0 Å². The lowest BCUT2D eigenvalue weighted by atomic mass is 10.2. The summed E-state index contributed by atoms with van der Waals surface area (Å²) in [6.07, 6.45) is 4.09. The Labute approximate surface area is 138 Å². The summed E-state index contributed by atoms with van der Waals surface area (Å²) in [6.45, 7) is 0.579. The number of carbonyl (C=O) groups is 1. The Morgan fingerprint density at radius 3 is 2.87 bits per heavy atom. The van der Waals surface area contributed by atoms with Crippen molar-refractivity contribution < 1.29 is 9.21 Å². The number of nitrogens with zero attached hydrogens (tertiary/aromatic N) is 2. The maximum atomic E-state index is 12.5. The summed E-state index contributed by atoms with van der Waals surface area (Å²) in [4.78, 5) is 18.4. The fourth-order valence-electron chi connectivity index (χ4n) is 2.84. The molecule has 0 aliphatic carbocycles. The number of hydrogen-bond donors (Lipinski definition) is 0. The summed E-state index contributed by atoms with van der Waals surface area (Å²) >= 11 is 1.76. The molecule has 5 heteroatoms. The van der Waals surface area contributed by atoms with Gasteiger partial charge in [0.1, 0.15) is 16.7 Å². The minimum absolute atomic E-state index is 0.0724. The molecule has 1 fully saturated rings. The lowest BCUT2D eigenvalue weighted by Crippen LogP contribution is -2.36. The van der Waals surface area contributed by atoms with Crippen LogP contribution >= 0.6 is 11.8 Å². The molecule has 0 radical (unpaired) electrons. The van der Waals surface area contributed by atoms with Crippen LogP contribution in [0.25, 0.3) is 11.0 Å². The Bertz CT molecular complexity index is 798. The molecule has 3 aromatic rings. The van der Waals surface area contributed by atoms with E-state index in [2.05, 4.69) is 4.98 Å². The molecule has 23 heavy (non-hydrogen) atoms. The SMILES string of the molecule is O=C1CCSC(c2cc3ccccc3o2)N1Cc1ccncc1. The third kappa shape index (κ3) is 2.84. The molecule has 1 atom stereocenters. The van der Waals surface area contributed by atoms with Gasteiger partial charge in [-0.2, -0.15) is 0 Å². The zero-order valence-electron chi connectivity index (χ0n) is 12.5. The number of thioether (sulfide) groups is 1. The van der Waals surface area contributed by atoms with E-state index >= 15 is 0 Å². The van der Waals surface area contributed by atoms with Crippen molar-refractivity contribution in [2.75, 3.05) is 5.75 Å². The highest BCUT2D eigenvalue weighted by Gasteiger charge is 2.32. The number of carbonyl (C=O) groups excluding carboxylic acids is 1. The van der Waals surface area contributed by atoms with Crippen molar-refractivity contribution in [3.05, 3.63) is 66.2 Å². The third-order valence-electron chi connectivity index (χ3n) is 3.99. The van der Waals surface area contributed by atoms with Gasteiger partial charge < -0.3 is 9.32 Å². The van der Waals surface area contributed by atoms with E-state index in [-0.39, 0.29) is 11.3 Å². The zero-order chi connectivity index (χ0) is 15.6. The number of fused-ring (bicyclic) bond motifs is 1. The first-order valence-corrected chi connectivity index (χ1v) is 8.64. The Balaban J connectivity index is 1.67. The first-order chi connectivity index (χ1) is 11.3. The highest BCUT2D eigenvalue weighted by Crippen LogP contribution is 2.40. The average molecular weight is 324 g/mol. The largest absolute Gasteiger partial charge is 0.458 e. The van der Waals surface area contributed by atoms with Gasteiger partial charge in [-0.3, -0.25) is 9.78 Å². The van der Waals surface area contributed by atoms with Crippen molar-refractivity contribution >= 4 is 28.6 Å². The fraction of sp³-hybridized carbons (Fsp3) is 0.222. The quantitative estimate of drug-likeness (QED) is 0.731. The molecule has 1 amide bonds. The van der Waals surface area contributed by atoms with E-state index in [0.717, 1.165) is 28.0 Å². The van der Waals surface area contributed by atoms with Gasteiger partial charge in [0.25, 0.3) is 0 Å². The van der Waals surface area contributed by atoms with Gasteiger partial charge in [-0.1, -0.05) is 18.2 Å². The Hall–Kier alpha value is -2.27. The predicted octanol–water partition coefficient (Wildman–Crippen LogP) is 3.99.